The number of nitrogens with one attached hydrogen (secondary N) is 2. The number of halogens is 1. The number of aryl methyl sites for hydroxylation is 2. The fourth-order valence-electron chi connectivity index (χ4n) is 1.81. The predicted octanol–water partition coefficient (Wildman–Crippen LogP) is 3.56. The maximum absolute atomic E-state index is 5.98. The molecule has 0 saturated heterocycles. The zero-order chi connectivity index (χ0) is 15.4. The summed E-state index contributed by atoms with van der Waals surface area (Å²) < 4.78 is 5.25. The number of aromatic nitrogens is 2. The highest BCUT2D eigenvalue weighted by atomic mass is 35.5. The third-order valence-corrected chi connectivity index (χ3v) is 3.06. The van der Waals surface area contributed by atoms with Crippen molar-refractivity contribution in [1.82, 2.24) is 9.97 Å². The van der Waals surface area contributed by atoms with Crippen molar-refractivity contribution >= 4 is 40.6 Å². The van der Waals surface area contributed by atoms with E-state index in [1.165, 1.54) is 0 Å². The first kappa shape index (κ1) is 15.5. The second-order valence-electron chi connectivity index (χ2n) is 4.40. The van der Waals surface area contributed by atoms with E-state index >= 15 is 0 Å². The summed E-state index contributed by atoms with van der Waals surface area (Å²) in [6.45, 7) is 3.80. The van der Waals surface area contributed by atoms with E-state index in [9.17, 15) is 0 Å². The van der Waals surface area contributed by atoms with Crippen molar-refractivity contribution in [2.45, 2.75) is 13.8 Å². The molecule has 0 unspecified atom stereocenters. The third-order valence-electron chi connectivity index (χ3n) is 2.62. The molecule has 2 N–H and O–H groups in total. The number of anilines is 2. The molecule has 2 aromatic rings. The SMILES string of the molecule is COc1ccc(Cl)cc1NC(=S)Nc1nc(C)cc(C)n1. The molecule has 110 valence electrons. The summed E-state index contributed by atoms with van der Waals surface area (Å²) in [5.74, 6) is 1.09. The van der Waals surface area contributed by atoms with Crippen LogP contribution in [0.25, 0.3) is 0 Å². The number of methoxy groups -OCH3 is 1. The molecule has 0 bridgehead atoms. The minimum atomic E-state index is 0.362. The van der Waals surface area contributed by atoms with Crippen molar-refractivity contribution in [3.63, 3.8) is 0 Å². The Morgan fingerprint density at radius 3 is 2.43 bits per heavy atom. The summed E-state index contributed by atoms with van der Waals surface area (Å²) >= 11 is 11.2. The first-order valence-electron chi connectivity index (χ1n) is 6.22. The van der Waals surface area contributed by atoms with Gasteiger partial charge in [0.05, 0.1) is 12.8 Å². The van der Waals surface area contributed by atoms with Gasteiger partial charge in [0.15, 0.2) is 5.11 Å². The van der Waals surface area contributed by atoms with Gasteiger partial charge in [0, 0.05) is 16.4 Å². The number of benzene rings is 1. The number of ether oxygens (including phenoxy) is 1. The van der Waals surface area contributed by atoms with Gasteiger partial charge in [-0.25, -0.2) is 9.97 Å². The van der Waals surface area contributed by atoms with Gasteiger partial charge in [0.1, 0.15) is 5.75 Å². The van der Waals surface area contributed by atoms with Crippen LogP contribution in [0.3, 0.4) is 0 Å². The molecule has 0 aliphatic rings. The van der Waals surface area contributed by atoms with Crippen LogP contribution in [0.5, 0.6) is 5.75 Å². The van der Waals surface area contributed by atoms with Crippen LogP contribution in [0.1, 0.15) is 11.4 Å². The van der Waals surface area contributed by atoms with Crippen molar-refractivity contribution in [3.05, 3.63) is 40.7 Å². The molecule has 7 heteroatoms. The van der Waals surface area contributed by atoms with Gasteiger partial charge < -0.3 is 15.4 Å². The molecule has 0 fully saturated rings. The normalized spacial score (nSPS) is 10.1. The Labute approximate surface area is 133 Å². The van der Waals surface area contributed by atoms with Crippen molar-refractivity contribution in [2.75, 3.05) is 17.7 Å². The third kappa shape index (κ3) is 4.27. The van der Waals surface area contributed by atoms with E-state index in [0.29, 0.717) is 27.5 Å². The number of rotatable bonds is 3. The summed E-state index contributed by atoms with van der Waals surface area (Å²) in [4.78, 5) is 8.54. The molecule has 2 rings (SSSR count). The van der Waals surface area contributed by atoms with E-state index in [0.717, 1.165) is 11.4 Å². The van der Waals surface area contributed by atoms with Gasteiger partial charge in [-0.1, -0.05) is 11.6 Å². The van der Waals surface area contributed by atoms with E-state index in [-0.39, 0.29) is 0 Å². The van der Waals surface area contributed by atoms with Gasteiger partial charge in [-0.2, -0.15) is 0 Å². The molecule has 0 radical (unpaired) electrons. The standard InChI is InChI=1S/C14H15ClN4OS/c1-8-6-9(2)17-13(16-8)19-14(21)18-11-7-10(15)4-5-12(11)20-3/h4-7H,1-3H3,(H2,16,17,18,19,21). The first-order valence-corrected chi connectivity index (χ1v) is 7.00. The van der Waals surface area contributed by atoms with E-state index in [2.05, 4.69) is 20.6 Å². The molecule has 5 nitrogen and oxygen atoms in total. The van der Waals surface area contributed by atoms with Gasteiger partial charge in [0.25, 0.3) is 0 Å². The number of nitrogens with zero attached hydrogens (tertiary/aromatic N) is 2. The second-order valence-corrected chi connectivity index (χ2v) is 5.24. The molecular formula is C14H15ClN4OS. The molecule has 0 aliphatic carbocycles. The van der Waals surface area contributed by atoms with Crippen molar-refractivity contribution in [2.24, 2.45) is 0 Å². The molecule has 21 heavy (non-hydrogen) atoms. The lowest BCUT2D eigenvalue weighted by Crippen LogP contribution is -2.21. The Morgan fingerprint density at radius 1 is 1.14 bits per heavy atom. The molecule has 0 amide bonds. The maximum Gasteiger partial charge on any atom is 0.229 e. The molecular weight excluding hydrogens is 308 g/mol. The van der Waals surface area contributed by atoms with E-state index < -0.39 is 0 Å². The van der Waals surface area contributed by atoms with Crippen LogP contribution < -0.4 is 15.4 Å². The van der Waals surface area contributed by atoms with Gasteiger partial charge in [-0.3, -0.25) is 0 Å². The lowest BCUT2D eigenvalue weighted by atomic mass is 10.3. The van der Waals surface area contributed by atoms with Gasteiger partial charge in [-0.05, 0) is 50.3 Å². The highest BCUT2D eigenvalue weighted by Gasteiger charge is 2.07. The van der Waals surface area contributed by atoms with Gasteiger partial charge in [-0.15, -0.1) is 0 Å². The quantitative estimate of drug-likeness (QED) is 0.843. The molecule has 1 aromatic heterocycles. The summed E-state index contributed by atoms with van der Waals surface area (Å²) in [5.41, 5.74) is 2.41. The van der Waals surface area contributed by atoms with Crippen LogP contribution in [0.4, 0.5) is 11.6 Å². The van der Waals surface area contributed by atoms with E-state index in [4.69, 9.17) is 28.6 Å². The molecule has 0 spiro atoms. The Hall–Kier alpha value is -1.92. The summed E-state index contributed by atoms with van der Waals surface area (Å²) in [5, 5.41) is 6.91. The highest BCUT2D eigenvalue weighted by molar-refractivity contribution is 7.80. The van der Waals surface area contributed by atoms with Crippen LogP contribution in [0.2, 0.25) is 5.02 Å². The van der Waals surface area contributed by atoms with Crippen LogP contribution in [-0.2, 0) is 0 Å². The van der Waals surface area contributed by atoms with Gasteiger partial charge >= 0.3 is 0 Å². The minimum Gasteiger partial charge on any atom is -0.495 e. The Bertz CT molecular complexity index is 658. The summed E-state index contributed by atoms with van der Waals surface area (Å²) in [6.07, 6.45) is 0. The van der Waals surface area contributed by atoms with Crippen molar-refractivity contribution < 1.29 is 4.74 Å². The number of thiocarbonyl (C=S) groups is 1. The van der Waals surface area contributed by atoms with Crippen LogP contribution in [0.15, 0.2) is 24.3 Å². The average Bonchev–Trinajstić information content (AvgIpc) is 2.37. The summed E-state index contributed by atoms with van der Waals surface area (Å²) in [6, 6.07) is 7.13. The highest BCUT2D eigenvalue weighted by Crippen LogP contribution is 2.27. The average molecular weight is 323 g/mol. The van der Waals surface area contributed by atoms with E-state index in [1.54, 1.807) is 25.3 Å². The van der Waals surface area contributed by atoms with Crippen LogP contribution in [-0.4, -0.2) is 22.2 Å². The van der Waals surface area contributed by atoms with E-state index in [1.807, 2.05) is 19.9 Å². The zero-order valence-electron chi connectivity index (χ0n) is 11.9. The predicted molar refractivity (Wildman–Crippen MR) is 89.4 cm³/mol. The largest absolute Gasteiger partial charge is 0.495 e. The van der Waals surface area contributed by atoms with Crippen LogP contribution in [0, 0.1) is 13.8 Å². The molecule has 0 saturated carbocycles. The second kappa shape index (κ2) is 6.69. The summed E-state index contributed by atoms with van der Waals surface area (Å²) in [7, 11) is 1.58. The molecule has 0 aliphatic heterocycles. The monoisotopic (exact) mass is 322 g/mol. The molecule has 1 aromatic carbocycles. The fraction of sp³-hybridized carbons (Fsp3) is 0.214. The van der Waals surface area contributed by atoms with Crippen LogP contribution >= 0.6 is 23.8 Å². The topological polar surface area (TPSA) is 59.1 Å². The fourth-order valence-corrected chi connectivity index (χ4v) is 2.19. The Morgan fingerprint density at radius 2 is 1.81 bits per heavy atom. The number of hydrogen-bond acceptors (Lipinski definition) is 4. The number of hydrogen-bond donors (Lipinski definition) is 2. The first-order chi connectivity index (χ1) is 9.97. The lowest BCUT2D eigenvalue weighted by Gasteiger charge is -2.13. The van der Waals surface area contributed by atoms with Gasteiger partial charge in [0.2, 0.25) is 5.95 Å². The maximum atomic E-state index is 5.98. The molecule has 1 heterocycles. The Balaban J connectivity index is 2.13. The molecule has 0 atom stereocenters. The smallest absolute Gasteiger partial charge is 0.229 e. The van der Waals surface area contributed by atoms with Crippen molar-refractivity contribution in [1.29, 1.82) is 0 Å². The minimum absolute atomic E-state index is 0.362. The zero-order valence-corrected chi connectivity index (χ0v) is 13.5. The Kier molecular flexibility index (Phi) is 4.93. The van der Waals surface area contributed by atoms with Crippen molar-refractivity contribution in [3.8, 4) is 5.75 Å². The lowest BCUT2D eigenvalue weighted by molar-refractivity contribution is 0.417.